The first-order chi connectivity index (χ1) is 10.2. The van der Waals surface area contributed by atoms with Crippen LogP contribution < -0.4 is 16.4 Å². The molecule has 2 rings (SSSR count). The second-order valence-electron chi connectivity index (χ2n) is 5.15. The maximum Gasteiger partial charge on any atom is 0.322 e. The van der Waals surface area contributed by atoms with E-state index < -0.39 is 0 Å². The quantitative estimate of drug-likeness (QED) is 0.783. The van der Waals surface area contributed by atoms with E-state index in [4.69, 9.17) is 5.73 Å². The Labute approximate surface area is 124 Å². The number of nitrogens with one attached hydrogen (secondary N) is 2. The number of nitrogens with zero attached hydrogens (tertiary/aromatic N) is 1. The number of amides is 3. The molecule has 0 aromatic heterocycles. The third kappa shape index (κ3) is 3.72. The predicted octanol–water partition coefficient (Wildman–Crippen LogP) is 1.28. The van der Waals surface area contributed by atoms with Crippen LogP contribution in [0.2, 0.25) is 0 Å². The lowest BCUT2D eigenvalue weighted by Gasteiger charge is -2.34. The monoisotopic (exact) mass is 290 g/mol. The van der Waals surface area contributed by atoms with E-state index >= 15 is 0 Å². The van der Waals surface area contributed by atoms with Crippen LogP contribution in [-0.4, -0.2) is 36.5 Å². The van der Waals surface area contributed by atoms with Gasteiger partial charge in [0.2, 0.25) is 5.91 Å². The number of likely N-dealkylation sites (tertiary alicyclic amines) is 1. The first-order valence-corrected chi connectivity index (χ1v) is 7.24. The first kappa shape index (κ1) is 15.3. The molecule has 6 nitrogen and oxygen atoms in total. The van der Waals surface area contributed by atoms with Gasteiger partial charge in [-0.2, -0.15) is 0 Å². The molecule has 1 saturated heterocycles. The van der Waals surface area contributed by atoms with E-state index in [0.717, 1.165) is 18.4 Å². The van der Waals surface area contributed by atoms with Gasteiger partial charge in [-0.1, -0.05) is 12.1 Å². The molecule has 0 spiro atoms. The molecule has 1 aromatic rings. The zero-order valence-electron chi connectivity index (χ0n) is 12.3. The highest BCUT2D eigenvalue weighted by atomic mass is 16.2. The lowest BCUT2D eigenvalue weighted by molar-refractivity contribution is -0.125. The van der Waals surface area contributed by atoms with Crippen molar-refractivity contribution in [2.24, 2.45) is 5.73 Å². The molecule has 0 radical (unpaired) electrons. The molecule has 1 aliphatic rings. The van der Waals surface area contributed by atoms with E-state index in [1.54, 1.807) is 11.9 Å². The van der Waals surface area contributed by atoms with Crippen molar-refractivity contribution in [2.45, 2.75) is 31.8 Å². The summed E-state index contributed by atoms with van der Waals surface area (Å²) in [5.74, 6) is -0.108. The summed E-state index contributed by atoms with van der Waals surface area (Å²) >= 11 is 0. The Morgan fingerprint density at radius 1 is 1.29 bits per heavy atom. The summed E-state index contributed by atoms with van der Waals surface area (Å²) in [6.07, 6.45) is 2.60. The summed E-state index contributed by atoms with van der Waals surface area (Å²) < 4.78 is 0. The maximum absolute atomic E-state index is 12.4. The van der Waals surface area contributed by atoms with Crippen molar-refractivity contribution in [2.75, 3.05) is 18.9 Å². The minimum Gasteiger partial charge on any atom is -0.357 e. The van der Waals surface area contributed by atoms with Crippen LogP contribution in [-0.2, 0) is 11.3 Å². The molecule has 1 atom stereocenters. The van der Waals surface area contributed by atoms with Crippen LogP contribution in [0.1, 0.15) is 24.8 Å². The highest BCUT2D eigenvalue weighted by molar-refractivity contribution is 5.93. The molecular formula is C15H22N4O2. The number of rotatable bonds is 3. The molecule has 114 valence electrons. The third-order valence-corrected chi connectivity index (χ3v) is 3.75. The Hall–Kier alpha value is -2.08. The highest BCUT2D eigenvalue weighted by Crippen LogP contribution is 2.19. The lowest BCUT2D eigenvalue weighted by Crippen LogP contribution is -2.52. The van der Waals surface area contributed by atoms with Crippen molar-refractivity contribution in [3.8, 4) is 0 Å². The van der Waals surface area contributed by atoms with Gasteiger partial charge < -0.3 is 21.3 Å². The third-order valence-electron chi connectivity index (χ3n) is 3.75. The van der Waals surface area contributed by atoms with Gasteiger partial charge in [0, 0.05) is 25.8 Å². The number of anilines is 1. The number of hydrogen-bond acceptors (Lipinski definition) is 3. The molecule has 1 unspecified atom stereocenters. The number of likely N-dealkylation sites (N-methyl/N-ethyl adjacent to an activating group) is 1. The van der Waals surface area contributed by atoms with Gasteiger partial charge in [-0.25, -0.2) is 4.79 Å². The molecule has 0 saturated carbocycles. The molecule has 1 aliphatic heterocycles. The van der Waals surface area contributed by atoms with Crippen molar-refractivity contribution < 1.29 is 9.59 Å². The van der Waals surface area contributed by atoms with Gasteiger partial charge in [0.05, 0.1) is 0 Å². The minimum absolute atomic E-state index is 0.108. The topological polar surface area (TPSA) is 87.5 Å². The zero-order valence-corrected chi connectivity index (χ0v) is 12.3. The summed E-state index contributed by atoms with van der Waals surface area (Å²) in [5.41, 5.74) is 7.26. The summed E-state index contributed by atoms with van der Waals surface area (Å²) in [5, 5.41) is 5.46. The van der Waals surface area contributed by atoms with E-state index in [0.29, 0.717) is 25.2 Å². The fraction of sp³-hybridized carbons (Fsp3) is 0.467. The van der Waals surface area contributed by atoms with Gasteiger partial charge in [-0.15, -0.1) is 0 Å². The van der Waals surface area contributed by atoms with Crippen LogP contribution >= 0.6 is 0 Å². The fourth-order valence-corrected chi connectivity index (χ4v) is 2.53. The molecule has 1 aromatic carbocycles. The number of carbonyl (C=O) groups is 2. The average Bonchev–Trinajstić information content (AvgIpc) is 2.54. The van der Waals surface area contributed by atoms with E-state index in [-0.39, 0.29) is 18.0 Å². The van der Waals surface area contributed by atoms with Crippen LogP contribution in [0.4, 0.5) is 10.5 Å². The van der Waals surface area contributed by atoms with Crippen molar-refractivity contribution in [3.05, 3.63) is 29.8 Å². The summed E-state index contributed by atoms with van der Waals surface area (Å²) in [6.45, 7) is 1.07. The number of urea groups is 1. The average molecular weight is 290 g/mol. The number of hydrogen-bond donors (Lipinski definition) is 3. The Morgan fingerprint density at radius 3 is 2.62 bits per heavy atom. The Morgan fingerprint density at radius 2 is 2.00 bits per heavy atom. The minimum atomic E-state index is -0.382. The first-order valence-electron chi connectivity index (χ1n) is 7.24. The fourth-order valence-electron chi connectivity index (χ4n) is 2.53. The maximum atomic E-state index is 12.4. The van der Waals surface area contributed by atoms with Gasteiger partial charge in [0.15, 0.2) is 0 Å². The number of carbonyl (C=O) groups excluding carboxylic acids is 2. The van der Waals surface area contributed by atoms with E-state index in [1.807, 2.05) is 24.3 Å². The number of piperidine rings is 1. The smallest absolute Gasteiger partial charge is 0.322 e. The van der Waals surface area contributed by atoms with Crippen molar-refractivity contribution >= 4 is 17.6 Å². The van der Waals surface area contributed by atoms with Crippen molar-refractivity contribution in [1.82, 2.24) is 10.2 Å². The van der Waals surface area contributed by atoms with Gasteiger partial charge in [0.25, 0.3) is 0 Å². The predicted molar refractivity (Wildman–Crippen MR) is 81.8 cm³/mol. The van der Waals surface area contributed by atoms with Crippen LogP contribution in [0.25, 0.3) is 0 Å². The van der Waals surface area contributed by atoms with Crippen LogP contribution in [0.3, 0.4) is 0 Å². The van der Waals surface area contributed by atoms with Crippen LogP contribution in [0.15, 0.2) is 24.3 Å². The largest absolute Gasteiger partial charge is 0.357 e. The Balaban J connectivity index is 2.04. The number of benzene rings is 1. The molecule has 3 amide bonds. The zero-order chi connectivity index (χ0) is 15.2. The Kier molecular flexibility index (Phi) is 5.16. The molecular weight excluding hydrogens is 268 g/mol. The van der Waals surface area contributed by atoms with Crippen LogP contribution in [0.5, 0.6) is 0 Å². The second kappa shape index (κ2) is 7.08. The van der Waals surface area contributed by atoms with Crippen molar-refractivity contribution in [3.63, 3.8) is 0 Å². The second-order valence-corrected chi connectivity index (χ2v) is 5.15. The molecule has 0 bridgehead atoms. The molecule has 6 heteroatoms. The normalized spacial score (nSPS) is 18.2. The summed E-state index contributed by atoms with van der Waals surface area (Å²) in [7, 11) is 1.60. The van der Waals surface area contributed by atoms with Crippen molar-refractivity contribution in [1.29, 1.82) is 0 Å². The Bertz CT molecular complexity index is 501. The molecule has 4 N–H and O–H groups in total. The van der Waals surface area contributed by atoms with Gasteiger partial charge in [-0.05, 0) is 37.0 Å². The van der Waals surface area contributed by atoms with E-state index in [2.05, 4.69) is 10.6 Å². The standard InChI is InChI=1S/C15H22N4O2/c1-17-14(20)13-4-2-3-9-19(13)15(21)18-12-7-5-11(10-16)6-8-12/h5-8,13H,2-4,9-10,16H2,1H3,(H,17,20)(H,18,21). The van der Waals surface area contributed by atoms with Gasteiger partial charge in [0.1, 0.15) is 6.04 Å². The summed E-state index contributed by atoms with van der Waals surface area (Å²) in [4.78, 5) is 25.8. The number of nitrogens with two attached hydrogens (primary N) is 1. The van der Waals surface area contributed by atoms with E-state index in [1.165, 1.54) is 0 Å². The van der Waals surface area contributed by atoms with Crippen LogP contribution in [0, 0.1) is 0 Å². The highest BCUT2D eigenvalue weighted by Gasteiger charge is 2.31. The summed E-state index contributed by atoms with van der Waals surface area (Å²) in [6, 6.07) is 6.78. The van der Waals surface area contributed by atoms with Gasteiger partial charge >= 0.3 is 6.03 Å². The molecule has 0 aliphatic carbocycles. The SMILES string of the molecule is CNC(=O)C1CCCCN1C(=O)Nc1ccc(CN)cc1. The molecule has 1 fully saturated rings. The molecule has 1 heterocycles. The lowest BCUT2D eigenvalue weighted by atomic mass is 10.0. The van der Waals surface area contributed by atoms with E-state index in [9.17, 15) is 9.59 Å². The molecule has 21 heavy (non-hydrogen) atoms. The van der Waals surface area contributed by atoms with Gasteiger partial charge in [-0.3, -0.25) is 4.79 Å².